The molecule has 196 valence electrons. The number of fused-ring (bicyclic) bond motifs is 4. The Kier molecular flexibility index (Phi) is 6.78. The number of aromatic amines is 1. The van der Waals surface area contributed by atoms with Gasteiger partial charge in [0.15, 0.2) is 0 Å². The lowest BCUT2D eigenvalue weighted by Gasteiger charge is -2.12. The van der Waals surface area contributed by atoms with Crippen molar-refractivity contribution >= 4 is 55.9 Å². The lowest BCUT2D eigenvalue weighted by Crippen LogP contribution is -2.17. The molecule has 5 N–H and O–H groups in total. The van der Waals surface area contributed by atoms with Gasteiger partial charge in [-0.1, -0.05) is 28.9 Å². The van der Waals surface area contributed by atoms with E-state index in [2.05, 4.69) is 37.0 Å². The Morgan fingerprint density at radius 2 is 1.97 bits per heavy atom. The molecule has 0 bridgehead atoms. The van der Waals surface area contributed by atoms with E-state index in [0.717, 1.165) is 63.0 Å². The molecule has 39 heavy (non-hydrogen) atoms. The van der Waals surface area contributed by atoms with Gasteiger partial charge in [0.2, 0.25) is 5.91 Å². The molecule has 0 aliphatic carbocycles. The minimum atomic E-state index is -0.486. The summed E-state index contributed by atoms with van der Waals surface area (Å²) in [5, 5.41) is 20.1. The van der Waals surface area contributed by atoms with Gasteiger partial charge in [0, 0.05) is 82.6 Å². The summed E-state index contributed by atoms with van der Waals surface area (Å²) < 4.78 is 1.82. The van der Waals surface area contributed by atoms with Gasteiger partial charge in [0.1, 0.15) is 5.82 Å². The van der Waals surface area contributed by atoms with E-state index >= 15 is 0 Å². The average molecular weight is 540 g/mol. The summed E-state index contributed by atoms with van der Waals surface area (Å²) in [4.78, 5) is 24.1. The molecule has 11 heteroatoms. The van der Waals surface area contributed by atoms with Gasteiger partial charge in [-0.2, -0.15) is 0 Å². The fourth-order valence-corrected chi connectivity index (χ4v) is 4.85. The van der Waals surface area contributed by atoms with Crippen LogP contribution in [0.4, 0.5) is 5.82 Å². The maximum absolute atomic E-state index is 11.7. The van der Waals surface area contributed by atoms with Crippen LogP contribution in [-0.2, 0) is 19.5 Å². The Morgan fingerprint density at radius 1 is 1.05 bits per heavy atom. The van der Waals surface area contributed by atoms with Crippen LogP contribution < -0.4 is 16.4 Å². The van der Waals surface area contributed by atoms with Crippen LogP contribution in [0.25, 0.3) is 32.6 Å². The van der Waals surface area contributed by atoms with Gasteiger partial charge in [0.25, 0.3) is 0 Å². The number of rotatable bonds is 10. The minimum absolute atomic E-state index is 0.417. The van der Waals surface area contributed by atoms with Crippen molar-refractivity contribution in [1.29, 1.82) is 0 Å². The Labute approximate surface area is 228 Å². The Bertz CT molecular complexity index is 1810. The number of carbonyl (C=O) groups is 1. The van der Waals surface area contributed by atoms with Gasteiger partial charge >= 0.3 is 0 Å². The van der Waals surface area contributed by atoms with Gasteiger partial charge in [-0.05, 0) is 41.8 Å². The van der Waals surface area contributed by atoms with E-state index in [9.17, 15) is 4.79 Å². The number of aromatic nitrogens is 6. The summed E-state index contributed by atoms with van der Waals surface area (Å²) in [6.45, 7) is 2.72. The maximum Gasteiger partial charge on any atom is 0.248 e. The molecule has 0 spiro atoms. The second kappa shape index (κ2) is 10.7. The minimum Gasteiger partial charge on any atom is -0.368 e. The third kappa shape index (κ3) is 5.38. The third-order valence-corrected chi connectivity index (χ3v) is 6.85. The van der Waals surface area contributed by atoms with Crippen LogP contribution in [0.5, 0.6) is 0 Å². The van der Waals surface area contributed by atoms with Crippen molar-refractivity contribution in [3.05, 3.63) is 89.1 Å². The Balaban J connectivity index is 1.05. The van der Waals surface area contributed by atoms with Gasteiger partial charge in [0.05, 0.1) is 17.8 Å². The predicted molar refractivity (Wildman–Crippen MR) is 153 cm³/mol. The summed E-state index contributed by atoms with van der Waals surface area (Å²) in [6, 6.07) is 15.2. The van der Waals surface area contributed by atoms with Gasteiger partial charge < -0.3 is 21.4 Å². The smallest absolute Gasteiger partial charge is 0.248 e. The molecule has 4 aromatic heterocycles. The Morgan fingerprint density at radius 3 is 2.87 bits per heavy atom. The lowest BCUT2D eigenvalue weighted by atomic mass is 10.1. The van der Waals surface area contributed by atoms with Gasteiger partial charge in [-0.15, -0.1) is 5.10 Å². The number of hydrogen-bond donors (Lipinski definition) is 4. The first-order chi connectivity index (χ1) is 19.0. The van der Waals surface area contributed by atoms with Crippen molar-refractivity contribution in [1.82, 2.24) is 35.3 Å². The zero-order valence-electron chi connectivity index (χ0n) is 21.0. The van der Waals surface area contributed by atoms with Crippen molar-refractivity contribution in [2.75, 3.05) is 18.4 Å². The first-order valence-corrected chi connectivity index (χ1v) is 13.0. The Hall–Kier alpha value is -4.54. The van der Waals surface area contributed by atoms with Crippen molar-refractivity contribution < 1.29 is 4.79 Å². The second-order valence-corrected chi connectivity index (χ2v) is 9.77. The number of anilines is 1. The number of amides is 1. The van der Waals surface area contributed by atoms with E-state index in [1.807, 2.05) is 41.2 Å². The number of H-pyrrole nitrogens is 1. The van der Waals surface area contributed by atoms with Gasteiger partial charge in [-0.25, -0.2) is 4.98 Å². The molecular weight excluding hydrogens is 514 g/mol. The van der Waals surface area contributed by atoms with E-state index in [-0.39, 0.29) is 0 Å². The molecule has 10 nitrogen and oxygen atoms in total. The highest BCUT2D eigenvalue weighted by atomic mass is 35.5. The highest BCUT2D eigenvalue weighted by Crippen LogP contribution is 2.29. The number of nitrogens with one attached hydrogen (secondary N) is 3. The monoisotopic (exact) mass is 539 g/mol. The molecule has 0 saturated carbocycles. The summed E-state index contributed by atoms with van der Waals surface area (Å²) in [5.41, 5.74) is 9.63. The number of primary amides is 1. The topological polar surface area (TPSA) is 139 Å². The number of halogens is 1. The quantitative estimate of drug-likeness (QED) is 0.152. The van der Waals surface area contributed by atoms with Crippen molar-refractivity contribution in [2.45, 2.75) is 19.5 Å². The number of pyridine rings is 2. The highest BCUT2D eigenvalue weighted by molar-refractivity contribution is 6.31. The van der Waals surface area contributed by atoms with Crippen molar-refractivity contribution in [3.63, 3.8) is 0 Å². The molecule has 6 rings (SSSR count). The van der Waals surface area contributed by atoms with Gasteiger partial charge in [-0.3, -0.25) is 14.5 Å². The molecule has 0 fully saturated rings. The zero-order chi connectivity index (χ0) is 26.8. The number of nitrogens with two attached hydrogens (primary N) is 1. The van der Waals surface area contributed by atoms with Crippen LogP contribution in [0.3, 0.4) is 0 Å². The van der Waals surface area contributed by atoms with E-state index in [0.29, 0.717) is 30.0 Å². The molecule has 0 aliphatic heterocycles. The molecule has 1 amide bonds. The molecule has 0 unspecified atom stereocenters. The first-order valence-electron chi connectivity index (χ1n) is 12.6. The normalized spacial score (nSPS) is 11.5. The standard InChI is InChI=1S/C28H26ClN9O/c29-19-3-1-17-11-21(34-25(17)13-19)14-31-7-5-20-16-38(37-36-20)10-9-33-28-23-6-8-32-15-24(23)22-4-2-18(27(30)39)12-26(22)35-28/h1-4,6,8,11-13,15-16,31,34H,5,7,9-10,14H2,(H2,30,39)(H,33,35). The summed E-state index contributed by atoms with van der Waals surface area (Å²) in [7, 11) is 0. The van der Waals surface area contributed by atoms with E-state index in [1.54, 1.807) is 24.5 Å². The molecule has 0 atom stereocenters. The van der Waals surface area contributed by atoms with E-state index in [4.69, 9.17) is 22.3 Å². The van der Waals surface area contributed by atoms with Crippen molar-refractivity contribution in [3.8, 4) is 0 Å². The fraction of sp³-hybridized carbons (Fsp3) is 0.179. The number of nitrogens with zero attached hydrogens (tertiary/aromatic N) is 5. The number of hydrogen-bond acceptors (Lipinski definition) is 7. The average Bonchev–Trinajstić information content (AvgIpc) is 3.57. The second-order valence-electron chi connectivity index (χ2n) is 9.33. The van der Waals surface area contributed by atoms with E-state index in [1.165, 1.54) is 0 Å². The van der Waals surface area contributed by atoms with Crippen LogP contribution in [-0.4, -0.2) is 48.9 Å². The molecule has 0 radical (unpaired) electrons. The summed E-state index contributed by atoms with van der Waals surface area (Å²) >= 11 is 6.07. The molecule has 2 aromatic carbocycles. The predicted octanol–water partition coefficient (Wildman–Crippen LogP) is 4.05. The molecule has 6 aromatic rings. The van der Waals surface area contributed by atoms with Crippen molar-refractivity contribution in [2.24, 2.45) is 5.73 Å². The number of benzene rings is 2. The third-order valence-electron chi connectivity index (χ3n) is 6.61. The van der Waals surface area contributed by atoms with Crippen LogP contribution in [0.15, 0.2) is 67.1 Å². The van der Waals surface area contributed by atoms with Crippen LogP contribution >= 0.6 is 11.6 Å². The molecule has 0 aliphatic rings. The van der Waals surface area contributed by atoms with Crippen LogP contribution in [0.1, 0.15) is 21.7 Å². The maximum atomic E-state index is 11.7. The largest absolute Gasteiger partial charge is 0.368 e. The zero-order valence-corrected chi connectivity index (χ0v) is 21.7. The van der Waals surface area contributed by atoms with E-state index < -0.39 is 5.91 Å². The first kappa shape index (κ1) is 24.8. The highest BCUT2D eigenvalue weighted by Gasteiger charge is 2.11. The lowest BCUT2D eigenvalue weighted by molar-refractivity contribution is 0.100. The van der Waals surface area contributed by atoms with Crippen LogP contribution in [0, 0.1) is 0 Å². The molecular formula is C28H26ClN9O. The molecule has 4 heterocycles. The number of carbonyl (C=O) groups excluding carboxylic acids is 1. The SMILES string of the molecule is NC(=O)c1ccc2c(c1)nc(NCCn1cc(CCNCc3cc4ccc(Cl)cc4[nH]3)nn1)c1ccncc12. The summed E-state index contributed by atoms with van der Waals surface area (Å²) in [5.74, 6) is 0.227. The fourth-order valence-electron chi connectivity index (χ4n) is 4.68. The molecule has 0 saturated heterocycles. The van der Waals surface area contributed by atoms with Crippen LogP contribution in [0.2, 0.25) is 5.02 Å². The summed E-state index contributed by atoms with van der Waals surface area (Å²) in [6.07, 6.45) is 6.28.